The standard InChI is InChI=1S/C44H58N8O5Si/c1-43(2,3)56-41(53)50-18-10-12-36(50)39-47-26-35(49-39)31-16-17-33(45-24-31)30-15-14-29-22-32(25-46-34(29)23-30)38-27-48-40(52(38)28-55-20-21-58(7,8)9)37-13-11-19-51(37)42(54)57-44(4,5)6/h14-17,22-27,36-37H,10-13,18-21,28H2,1-9H3,(H,47,49)/t36-,37-/m0/s1. The number of pyridine rings is 2. The molecule has 2 saturated heterocycles. The van der Waals surface area contributed by atoms with Crippen molar-refractivity contribution in [2.45, 2.75) is 123 Å². The maximum Gasteiger partial charge on any atom is 0.410 e. The molecule has 0 radical (unpaired) electrons. The number of imidazole rings is 2. The number of benzene rings is 1. The van der Waals surface area contributed by atoms with E-state index in [2.05, 4.69) is 58.4 Å². The summed E-state index contributed by atoms with van der Waals surface area (Å²) in [5.41, 5.74) is 5.04. The lowest BCUT2D eigenvalue weighted by molar-refractivity contribution is 0.0199. The molecule has 6 heterocycles. The van der Waals surface area contributed by atoms with E-state index in [0.29, 0.717) is 26.4 Å². The number of nitrogens with zero attached hydrogens (tertiary/aromatic N) is 7. The van der Waals surface area contributed by atoms with E-state index in [1.165, 1.54) is 0 Å². The highest BCUT2D eigenvalue weighted by Crippen LogP contribution is 2.37. The number of fused-ring (bicyclic) bond motifs is 1. The van der Waals surface area contributed by atoms with Gasteiger partial charge in [-0.3, -0.25) is 19.8 Å². The Hall–Kier alpha value is -5.08. The zero-order chi connectivity index (χ0) is 41.4. The normalized spacial score (nSPS) is 17.7. The Bertz CT molecular complexity index is 2250. The van der Waals surface area contributed by atoms with Gasteiger partial charge in [0.15, 0.2) is 0 Å². The Balaban J connectivity index is 1.10. The molecule has 0 unspecified atom stereocenters. The van der Waals surface area contributed by atoms with Crippen molar-refractivity contribution in [3.8, 4) is 33.8 Å². The second-order valence-corrected chi connectivity index (χ2v) is 24.3. The third kappa shape index (κ3) is 9.61. The fourth-order valence-corrected chi connectivity index (χ4v) is 8.27. The fourth-order valence-electron chi connectivity index (χ4n) is 7.52. The molecule has 2 amide bonds. The van der Waals surface area contributed by atoms with Crippen LogP contribution in [0.5, 0.6) is 0 Å². The van der Waals surface area contributed by atoms with Crippen molar-refractivity contribution in [1.82, 2.24) is 39.3 Å². The summed E-state index contributed by atoms with van der Waals surface area (Å²) < 4.78 is 19.8. The monoisotopic (exact) mass is 806 g/mol. The molecule has 0 bridgehead atoms. The van der Waals surface area contributed by atoms with E-state index in [4.69, 9.17) is 29.2 Å². The van der Waals surface area contributed by atoms with Crippen LogP contribution in [-0.4, -0.2) is 90.4 Å². The first-order valence-corrected chi connectivity index (χ1v) is 24.2. The molecule has 4 aromatic heterocycles. The Morgan fingerprint density at radius 2 is 1.41 bits per heavy atom. The molecule has 0 aliphatic carbocycles. The van der Waals surface area contributed by atoms with Crippen LogP contribution in [-0.2, 0) is 20.9 Å². The van der Waals surface area contributed by atoms with Gasteiger partial charge in [0, 0.05) is 62.2 Å². The van der Waals surface area contributed by atoms with Crippen LogP contribution >= 0.6 is 0 Å². The number of hydrogen-bond donors (Lipinski definition) is 1. The molecule has 5 aromatic rings. The molecule has 308 valence electrons. The molecule has 2 fully saturated rings. The molecule has 1 N–H and O–H groups in total. The predicted octanol–water partition coefficient (Wildman–Crippen LogP) is 10.0. The van der Waals surface area contributed by atoms with Crippen LogP contribution in [0.15, 0.2) is 61.2 Å². The van der Waals surface area contributed by atoms with Gasteiger partial charge in [-0.25, -0.2) is 19.6 Å². The lowest BCUT2D eigenvalue weighted by Gasteiger charge is -2.29. The summed E-state index contributed by atoms with van der Waals surface area (Å²) in [6.45, 7) is 20.6. The van der Waals surface area contributed by atoms with Gasteiger partial charge in [0.05, 0.1) is 47.1 Å². The van der Waals surface area contributed by atoms with Gasteiger partial charge in [0.2, 0.25) is 0 Å². The molecule has 13 nitrogen and oxygen atoms in total. The third-order valence-electron chi connectivity index (χ3n) is 10.4. The second kappa shape index (κ2) is 16.3. The summed E-state index contributed by atoms with van der Waals surface area (Å²) in [4.78, 5) is 52.4. The number of H-pyrrole nitrogens is 1. The van der Waals surface area contributed by atoms with Crippen molar-refractivity contribution < 1.29 is 23.8 Å². The summed E-state index contributed by atoms with van der Waals surface area (Å²) >= 11 is 0. The topological polar surface area (TPSA) is 141 Å². The Morgan fingerprint density at radius 3 is 2.07 bits per heavy atom. The lowest BCUT2D eigenvalue weighted by Crippen LogP contribution is -2.37. The maximum atomic E-state index is 13.3. The Kier molecular flexibility index (Phi) is 11.5. The fraction of sp³-hybridized carbons (Fsp3) is 0.500. The highest BCUT2D eigenvalue weighted by atomic mass is 28.3. The van der Waals surface area contributed by atoms with Crippen molar-refractivity contribution in [3.63, 3.8) is 0 Å². The Morgan fingerprint density at radius 1 is 0.759 bits per heavy atom. The molecule has 58 heavy (non-hydrogen) atoms. The summed E-state index contributed by atoms with van der Waals surface area (Å²) in [6.07, 6.45) is 10.2. The minimum Gasteiger partial charge on any atom is -0.444 e. The SMILES string of the molecule is CC(C)(C)OC(=O)N1CCC[C@H]1c1ncc(-c2ccc(-c3ccc4cc(-c5cnc([C@@H]6CCCN6C(=O)OC(C)(C)C)n5COCC[Si](C)(C)C)cnc4c3)nc2)[nH]1. The van der Waals surface area contributed by atoms with Gasteiger partial charge >= 0.3 is 12.2 Å². The van der Waals surface area contributed by atoms with Crippen LogP contribution in [0.3, 0.4) is 0 Å². The van der Waals surface area contributed by atoms with E-state index < -0.39 is 19.3 Å². The zero-order valence-electron chi connectivity index (χ0n) is 35.5. The van der Waals surface area contributed by atoms with Gasteiger partial charge in [-0.05, 0) is 97.5 Å². The second-order valence-electron chi connectivity index (χ2n) is 18.7. The summed E-state index contributed by atoms with van der Waals surface area (Å²) in [6, 6.07) is 13.0. The van der Waals surface area contributed by atoms with E-state index in [0.717, 1.165) is 88.1 Å². The van der Waals surface area contributed by atoms with Crippen molar-refractivity contribution in [2.24, 2.45) is 0 Å². The third-order valence-corrected chi connectivity index (χ3v) is 12.1. The van der Waals surface area contributed by atoms with Crippen LogP contribution < -0.4 is 0 Å². The molecular formula is C44H58N8O5Si. The van der Waals surface area contributed by atoms with Crippen LogP contribution in [0.25, 0.3) is 44.7 Å². The van der Waals surface area contributed by atoms with Gasteiger partial charge in [0.25, 0.3) is 0 Å². The number of aromatic nitrogens is 6. The number of rotatable bonds is 10. The van der Waals surface area contributed by atoms with Crippen LogP contribution in [0.2, 0.25) is 25.7 Å². The molecule has 1 aromatic carbocycles. The first-order valence-electron chi connectivity index (χ1n) is 20.5. The van der Waals surface area contributed by atoms with Crippen molar-refractivity contribution in [3.05, 3.63) is 72.8 Å². The van der Waals surface area contributed by atoms with E-state index in [9.17, 15) is 9.59 Å². The van der Waals surface area contributed by atoms with Gasteiger partial charge in [-0.1, -0.05) is 31.8 Å². The number of carbonyl (C=O) groups is 2. The van der Waals surface area contributed by atoms with Crippen molar-refractivity contribution >= 4 is 31.2 Å². The molecule has 2 atom stereocenters. The van der Waals surface area contributed by atoms with E-state index in [1.807, 2.05) is 72.3 Å². The number of aromatic amines is 1. The van der Waals surface area contributed by atoms with Gasteiger partial charge < -0.3 is 23.8 Å². The number of likely N-dealkylation sites (tertiary alicyclic amines) is 2. The minimum atomic E-state index is -1.29. The average molecular weight is 807 g/mol. The number of amides is 2. The molecule has 2 aliphatic rings. The van der Waals surface area contributed by atoms with Crippen molar-refractivity contribution in [2.75, 3.05) is 19.7 Å². The highest BCUT2D eigenvalue weighted by molar-refractivity contribution is 6.76. The van der Waals surface area contributed by atoms with Gasteiger partial charge in [-0.15, -0.1) is 0 Å². The largest absolute Gasteiger partial charge is 0.444 e. The smallest absolute Gasteiger partial charge is 0.410 e. The minimum absolute atomic E-state index is 0.154. The summed E-state index contributed by atoms with van der Waals surface area (Å²) in [7, 11) is -1.29. The van der Waals surface area contributed by atoms with E-state index >= 15 is 0 Å². The molecule has 0 spiro atoms. The molecule has 14 heteroatoms. The predicted molar refractivity (Wildman–Crippen MR) is 228 cm³/mol. The van der Waals surface area contributed by atoms with E-state index in [-0.39, 0.29) is 24.3 Å². The number of hydrogen-bond acceptors (Lipinski definition) is 9. The molecular weight excluding hydrogens is 749 g/mol. The maximum absolute atomic E-state index is 13.3. The van der Waals surface area contributed by atoms with Gasteiger partial charge in [-0.2, -0.15) is 0 Å². The van der Waals surface area contributed by atoms with Crippen LogP contribution in [0, 0.1) is 0 Å². The zero-order valence-corrected chi connectivity index (χ0v) is 36.5. The molecule has 0 saturated carbocycles. The first kappa shape index (κ1) is 41.1. The van der Waals surface area contributed by atoms with Gasteiger partial charge in [0.1, 0.15) is 29.6 Å². The number of carbonyl (C=O) groups excluding carboxylic acids is 2. The molecule has 2 aliphatic heterocycles. The number of ether oxygens (including phenoxy) is 3. The first-order chi connectivity index (χ1) is 27.4. The summed E-state index contributed by atoms with van der Waals surface area (Å²) in [5.74, 6) is 1.54. The van der Waals surface area contributed by atoms with Crippen LogP contribution in [0.4, 0.5) is 9.59 Å². The average Bonchev–Trinajstić information content (AvgIpc) is 3.98. The lowest BCUT2D eigenvalue weighted by atomic mass is 10.1. The molecule has 7 rings (SSSR count). The van der Waals surface area contributed by atoms with E-state index in [1.54, 1.807) is 16.0 Å². The number of nitrogens with one attached hydrogen (secondary N) is 1. The van der Waals surface area contributed by atoms with Crippen molar-refractivity contribution in [1.29, 1.82) is 0 Å². The van der Waals surface area contributed by atoms with Crippen LogP contribution in [0.1, 0.15) is 91.0 Å². The highest BCUT2D eigenvalue weighted by Gasteiger charge is 2.37. The quantitative estimate of drug-likeness (QED) is 0.108. The Labute approximate surface area is 342 Å². The summed E-state index contributed by atoms with van der Waals surface area (Å²) in [5, 5.41) is 0.986.